The van der Waals surface area contributed by atoms with Crippen molar-refractivity contribution in [1.82, 2.24) is 34.3 Å². The Morgan fingerprint density at radius 1 is 0.913 bits per heavy atom. The van der Waals surface area contributed by atoms with Crippen LogP contribution in [0.4, 0.5) is 27.4 Å². The van der Waals surface area contributed by atoms with E-state index in [2.05, 4.69) is 37.4 Å². The maximum absolute atomic E-state index is 16.1. The summed E-state index contributed by atoms with van der Waals surface area (Å²) in [6.45, 7) is 10.5. The molecule has 0 saturated carbocycles. The number of para-hydroxylation sites is 1. The minimum absolute atomic E-state index is 0.0886. The number of aryl methyl sites for hydroxylation is 1. The summed E-state index contributed by atoms with van der Waals surface area (Å²) in [5, 5.41) is 6.46. The number of hydrogen-bond donors (Lipinski definition) is 3. The molecule has 3 amide bonds. The quantitative estimate of drug-likeness (QED) is 0.101. The zero-order valence-electron chi connectivity index (χ0n) is 39.4. The third kappa shape index (κ3) is 9.75. The van der Waals surface area contributed by atoms with E-state index in [9.17, 15) is 27.6 Å². The third-order valence-corrected chi connectivity index (χ3v) is 16.4. The van der Waals surface area contributed by atoms with E-state index in [1.54, 1.807) is 42.9 Å². The molecule has 0 bridgehead atoms. The summed E-state index contributed by atoms with van der Waals surface area (Å²) < 4.78 is 46.7. The molecule has 16 nitrogen and oxygen atoms in total. The molecule has 3 fully saturated rings. The molecule has 1 atom stereocenters. The van der Waals surface area contributed by atoms with Gasteiger partial charge in [-0.25, -0.2) is 32.6 Å². The van der Waals surface area contributed by atoms with Crippen LogP contribution in [0.15, 0.2) is 77.7 Å². The van der Waals surface area contributed by atoms with Crippen LogP contribution in [0.2, 0.25) is 0 Å². The van der Waals surface area contributed by atoms with Gasteiger partial charge in [-0.3, -0.25) is 33.6 Å². The van der Waals surface area contributed by atoms with Crippen molar-refractivity contribution in [3.8, 4) is 21.8 Å². The van der Waals surface area contributed by atoms with Gasteiger partial charge in [-0.15, -0.1) is 11.3 Å². The first kappa shape index (κ1) is 47.6. The number of aromatic nitrogens is 5. The number of halogens is 1. The van der Waals surface area contributed by atoms with E-state index < -0.39 is 27.8 Å². The molecular formula is C50H57FN10O6S2. The molecule has 3 aliphatic heterocycles. The zero-order chi connectivity index (χ0) is 48.8. The number of carbonyl (C=O) groups excluding carboxylic acids is 3. The number of amides is 3. The van der Waals surface area contributed by atoms with Crippen molar-refractivity contribution in [2.45, 2.75) is 90.0 Å². The SMILES string of the molecule is CCCS(=O)(=O)Nc1cccc(-c2nc(C(C)(C)C)sc2-c2ccnc(Nc3ccc(C4CCN(C(=O)C5CCN(c6cccc7c6n(C)c(=O)n7[C@@H]6CCC(=O)NC6=O)CC5)CC4)cc3)n2)c1F. The smallest absolute Gasteiger partial charge is 0.329 e. The highest BCUT2D eigenvalue weighted by molar-refractivity contribution is 7.92. The second-order valence-electron chi connectivity index (χ2n) is 19.2. The average Bonchev–Trinajstić information content (AvgIpc) is 3.89. The number of rotatable bonds is 12. The molecule has 3 aliphatic rings. The average molecular weight is 977 g/mol. The first-order valence-corrected chi connectivity index (χ1v) is 26.0. The number of benzene rings is 3. The van der Waals surface area contributed by atoms with Crippen molar-refractivity contribution in [1.29, 1.82) is 0 Å². The summed E-state index contributed by atoms with van der Waals surface area (Å²) in [4.78, 5) is 71.0. The molecule has 362 valence electrons. The number of nitrogens with zero attached hydrogens (tertiary/aromatic N) is 7. The van der Waals surface area contributed by atoms with E-state index >= 15 is 4.39 Å². The van der Waals surface area contributed by atoms with Crippen molar-refractivity contribution in [3.05, 3.63) is 99.8 Å². The fraction of sp³-hybridized carbons (Fsp3) is 0.420. The second kappa shape index (κ2) is 19.1. The molecule has 3 aromatic carbocycles. The lowest BCUT2D eigenvalue weighted by atomic mass is 9.88. The van der Waals surface area contributed by atoms with Gasteiger partial charge < -0.3 is 15.1 Å². The normalized spacial score (nSPS) is 17.6. The molecular weight excluding hydrogens is 920 g/mol. The van der Waals surface area contributed by atoms with Gasteiger partial charge in [0, 0.05) is 68.4 Å². The van der Waals surface area contributed by atoms with Crippen LogP contribution in [0.5, 0.6) is 0 Å². The maximum Gasteiger partial charge on any atom is 0.329 e. The van der Waals surface area contributed by atoms with E-state index in [0.29, 0.717) is 79.1 Å². The predicted octanol–water partition coefficient (Wildman–Crippen LogP) is 7.85. The predicted molar refractivity (Wildman–Crippen MR) is 267 cm³/mol. The summed E-state index contributed by atoms with van der Waals surface area (Å²) in [5.41, 5.74) is 4.54. The van der Waals surface area contributed by atoms with Crippen LogP contribution < -0.4 is 25.9 Å². The van der Waals surface area contributed by atoms with Crippen molar-refractivity contribution in [3.63, 3.8) is 0 Å². The molecule has 6 heterocycles. The van der Waals surface area contributed by atoms with Crippen molar-refractivity contribution in [2.75, 3.05) is 46.9 Å². The molecule has 3 aromatic heterocycles. The Balaban J connectivity index is 0.820. The molecule has 19 heteroatoms. The summed E-state index contributed by atoms with van der Waals surface area (Å²) in [6.07, 6.45) is 5.57. The molecule has 69 heavy (non-hydrogen) atoms. The first-order chi connectivity index (χ1) is 33.0. The largest absolute Gasteiger partial charge is 0.370 e. The Morgan fingerprint density at radius 3 is 2.33 bits per heavy atom. The van der Waals surface area contributed by atoms with Crippen LogP contribution in [0.1, 0.15) is 95.2 Å². The first-order valence-electron chi connectivity index (χ1n) is 23.6. The van der Waals surface area contributed by atoms with E-state index in [4.69, 9.17) is 9.97 Å². The number of imide groups is 1. The van der Waals surface area contributed by atoms with E-state index in [1.165, 1.54) is 27.5 Å². The van der Waals surface area contributed by atoms with Gasteiger partial charge >= 0.3 is 5.69 Å². The van der Waals surface area contributed by atoms with Crippen molar-refractivity contribution < 1.29 is 27.2 Å². The molecule has 0 unspecified atom stereocenters. The number of thiazole rings is 1. The minimum Gasteiger partial charge on any atom is -0.370 e. The Hall–Kier alpha value is -6.47. The second-order valence-corrected chi connectivity index (χ2v) is 22.1. The Bertz CT molecular complexity index is 3110. The molecule has 0 aliphatic carbocycles. The topological polar surface area (TPSA) is 194 Å². The number of sulfonamides is 1. The molecule has 3 N–H and O–H groups in total. The summed E-state index contributed by atoms with van der Waals surface area (Å²) in [7, 11) is -2.02. The number of imidazole rings is 1. The van der Waals surface area contributed by atoms with E-state index in [-0.39, 0.29) is 58.7 Å². The van der Waals surface area contributed by atoms with Gasteiger partial charge in [0.05, 0.1) is 49.4 Å². The molecule has 3 saturated heterocycles. The number of piperidine rings is 3. The monoisotopic (exact) mass is 976 g/mol. The highest BCUT2D eigenvalue weighted by Gasteiger charge is 2.35. The van der Waals surface area contributed by atoms with Gasteiger partial charge in [-0.05, 0) is 92.5 Å². The minimum atomic E-state index is -3.73. The lowest BCUT2D eigenvalue weighted by Gasteiger charge is -2.38. The molecule has 9 rings (SSSR count). The fourth-order valence-corrected chi connectivity index (χ4v) is 12.0. The van der Waals surface area contributed by atoms with E-state index in [0.717, 1.165) is 34.7 Å². The van der Waals surface area contributed by atoms with Crippen LogP contribution in [0, 0.1) is 11.7 Å². The van der Waals surface area contributed by atoms with Crippen LogP contribution in [0.25, 0.3) is 32.9 Å². The summed E-state index contributed by atoms with van der Waals surface area (Å²) in [6, 6.07) is 19.5. The van der Waals surface area contributed by atoms with Gasteiger partial charge in [0.2, 0.25) is 33.7 Å². The van der Waals surface area contributed by atoms with Gasteiger partial charge in [-0.2, -0.15) is 0 Å². The van der Waals surface area contributed by atoms with Crippen LogP contribution >= 0.6 is 11.3 Å². The molecule has 6 aromatic rings. The van der Waals surface area contributed by atoms with Crippen molar-refractivity contribution in [2.24, 2.45) is 13.0 Å². The van der Waals surface area contributed by atoms with Gasteiger partial charge in [-0.1, -0.05) is 52.0 Å². The Kier molecular flexibility index (Phi) is 13.2. The number of likely N-dealkylation sites (tertiary alicyclic amines) is 1. The van der Waals surface area contributed by atoms with Gasteiger partial charge in [0.25, 0.3) is 0 Å². The number of nitrogens with one attached hydrogen (secondary N) is 3. The lowest BCUT2D eigenvalue weighted by molar-refractivity contribution is -0.137. The van der Waals surface area contributed by atoms with E-state index in [1.807, 2.05) is 56.0 Å². The van der Waals surface area contributed by atoms with Crippen LogP contribution in [0.3, 0.4) is 0 Å². The van der Waals surface area contributed by atoms with Crippen LogP contribution in [-0.4, -0.2) is 87.1 Å². The highest BCUT2D eigenvalue weighted by atomic mass is 32.2. The zero-order valence-corrected chi connectivity index (χ0v) is 41.1. The summed E-state index contributed by atoms with van der Waals surface area (Å²) in [5.74, 6) is -0.880. The Morgan fingerprint density at radius 2 is 1.64 bits per heavy atom. The third-order valence-electron chi connectivity index (χ3n) is 13.4. The summed E-state index contributed by atoms with van der Waals surface area (Å²) >= 11 is 1.41. The number of fused-ring (bicyclic) bond motifs is 1. The number of hydrogen-bond acceptors (Lipinski definition) is 12. The number of carbonyl (C=O) groups is 3. The standard InChI is InChI=1S/C50H57FN10O6S2/c1-6-29-69(66,67)57-35-10-7-9-34(41(35)51)42-44(68-47(56-42)50(2,3)4)36-19-24-52-48(54-36)53-33-15-13-30(14-16-33)31-20-27-60(28-21-31)46(64)32-22-25-59(26-23-32)37-11-8-12-38-43(37)58(5)49(65)61(38)39-17-18-40(62)55-45(39)63/h7-16,19,24,31-32,39,57H,6,17-18,20-23,25-29H2,1-5H3,(H,52,53,54)(H,55,62,63)/t39-/m1/s1. The van der Waals surface area contributed by atoms with Gasteiger partial charge in [0.15, 0.2) is 5.82 Å². The van der Waals surface area contributed by atoms with Gasteiger partial charge in [0.1, 0.15) is 6.04 Å². The Labute approximate surface area is 404 Å². The fourth-order valence-electron chi connectivity index (χ4n) is 9.75. The lowest BCUT2D eigenvalue weighted by Crippen LogP contribution is -2.45. The highest BCUT2D eigenvalue weighted by Crippen LogP contribution is 2.42. The number of anilines is 4. The maximum atomic E-state index is 16.1. The molecule has 0 spiro atoms. The van der Waals surface area contributed by atoms with Crippen LogP contribution in [-0.2, 0) is 36.9 Å². The van der Waals surface area contributed by atoms with Crippen molar-refractivity contribution >= 4 is 73.1 Å². The molecule has 0 radical (unpaired) electrons.